The fraction of sp³-hybridized carbons (Fsp3) is 0.545. The Balaban J connectivity index is 2.81. The fourth-order valence-corrected chi connectivity index (χ4v) is 3.76. The molecule has 1 rings (SSSR count). The largest absolute Gasteiger partial charge is 0.477 e. The molecule has 0 fully saturated rings. The molecule has 0 aliphatic rings. The van der Waals surface area contributed by atoms with Crippen LogP contribution in [0.1, 0.15) is 35.9 Å². The van der Waals surface area contributed by atoms with E-state index in [9.17, 15) is 13.2 Å². The minimum atomic E-state index is -3.55. The van der Waals surface area contributed by atoms with Crippen molar-refractivity contribution in [2.45, 2.75) is 31.1 Å². The summed E-state index contributed by atoms with van der Waals surface area (Å²) in [5.41, 5.74) is 0. The molecule has 0 aliphatic carbocycles. The van der Waals surface area contributed by atoms with E-state index in [4.69, 9.17) is 5.11 Å². The third kappa shape index (κ3) is 3.54. The number of rotatable bonds is 7. The number of nitrogens with zero attached hydrogens (tertiary/aromatic N) is 1. The van der Waals surface area contributed by atoms with Gasteiger partial charge in [-0.1, -0.05) is 19.8 Å². The van der Waals surface area contributed by atoms with Crippen LogP contribution in [0.5, 0.6) is 0 Å². The number of carboxylic acid groups (broad SMARTS) is 1. The zero-order chi connectivity index (χ0) is 13.8. The Morgan fingerprint density at radius 1 is 1.44 bits per heavy atom. The quantitative estimate of drug-likeness (QED) is 0.782. The van der Waals surface area contributed by atoms with Gasteiger partial charge in [-0.2, -0.15) is 0 Å². The molecule has 0 spiro atoms. The van der Waals surface area contributed by atoms with Gasteiger partial charge in [-0.25, -0.2) is 17.5 Å². The predicted octanol–water partition coefficient (Wildman–Crippen LogP) is 2.26. The second kappa shape index (κ2) is 6.31. The molecule has 0 saturated carbocycles. The van der Waals surface area contributed by atoms with Crippen LogP contribution in [0.3, 0.4) is 0 Å². The highest BCUT2D eigenvalue weighted by Gasteiger charge is 2.22. The Morgan fingerprint density at radius 2 is 2.11 bits per heavy atom. The number of unbranched alkanes of at least 4 members (excludes halogenated alkanes) is 2. The molecule has 0 unspecified atom stereocenters. The Bertz CT molecular complexity index is 507. The van der Waals surface area contributed by atoms with E-state index in [1.54, 1.807) is 0 Å². The molecular weight excluding hydrogens is 274 g/mol. The van der Waals surface area contributed by atoms with Crippen molar-refractivity contribution in [2.24, 2.45) is 0 Å². The van der Waals surface area contributed by atoms with Crippen molar-refractivity contribution in [3.8, 4) is 0 Å². The molecule has 0 bridgehead atoms. The topological polar surface area (TPSA) is 74.7 Å². The molecule has 18 heavy (non-hydrogen) atoms. The summed E-state index contributed by atoms with van der Waals surface area (Å²) >= 11 is 0.925. The maximum Gasteiger partial charge on any atom is 0.345 e. The van der Waals surface area contributed by atoms with E-state index in [-0.39, 0.29) is 9.77 Å². The van der Waals surface area contributed by atoms with E-state index < -0.39 is 16.0 Å². The van der Waals surface area contributed by atoms with Gasteiger partial charge in [0.05, 0.1) is 4.90 Å². The molecule has 0 aliphatic heterocycles. The zero-order valence-electron chi connectivity index (χ0n) is 10.4. The Kier molecular flexibility index (Phi) is 5.30. The lowest BCUT2D eigenvalue weighted by molar-refractivity contribution is 0.0702. The van der Waals surface area contributed by atoms with Gasteiger partial charge in [0.25, 0.3) is 0 Å². The number of thiophene rings is 1. The number of aromatic carboxylic acids is 1. The molecule has 102 valence electrons. The van der Waals surface area contributed by atoms with Crippen LogP contribution >= 0.6 is 11.3 Å². The molecule has 0 radical (unpaired) electrons. The monoisotopic (exact) mass is 291 g/mol. The summed E-state index contributed by atoms with van der Waals surface area (Å²) in [5, 5.41) is 10.1. The van der Waals surface area contributed by atoms with Gasteiger partial charge in [-0.15, -0.1) is 11.3 Å². The lowest BCUT2D eigenvalue weighted by Gasteiger charge is -2.15. The normalized spacial score (nSPS) is 11.9. The highest BCUT2D eigenvalue weighted by Crippen LogP contribution is 2.22. The fourth-order valence-electron chi connectivity index (χ4n) is 1.45. The lowest BCUT2D eigenvalue weighted by Crippen LogP contribution is -2.27. The number of sulfonamides is 1. The van der Waals surface area contributed by atoms with Gasteiger partial charge in [0.15, 0.2) is 0 Å². The van der Waals surface area contributed by atoms with E-state index in [2.05, 4.69) is 0 Å². The van der Waals surface area contributed by atoms with Crippen molar-refractivity contribution in [3.63, 3.8) is 0 Å². The standard InChI is InChI=1S/C11H17NO4S2/c1-3-4-5-6-12(2)18(15,16)9-7-10(11(13)14)17-8-9/h7-8H,3-6H2,1-2H3,(H,13,14). The van der Waals surface area contributed by atoms with E-state index in [0.29, 0.717) is 6.54 Å². The molecule has 0 aromatic carbocycles. The summed E-state index contributed by atoms with van der Waals surface area (Å²) in [5.74, 6) is -1.10. The van der Waals surface area contributed by atoms with E-state index in [1.165, 1.54) is 22.8 Å². The van der Waals surface area contributed by atoms with Crippen molar-refractivity contribution in [1.82, 2.24) is 4.31 Å². The number of hydrogen-bond donors (Lipinski definition) is 1. The highest BCUT2D eigenvalue weighted by molar-refractivity contribution is 7.89. The summed E-state index contributed by atoms with van der Waals surface area (Å²) in [6, 6.07) is 1.21. The summed E-state index contributed by atoms with van der Waals surface area (Å²) < 4.78 is 25.5. The summed E-state index contributed by atoms with van der Waals surface area (Å²) in [6.07, 6.45) is 2.81. The third-order valence-corrected chi connectivity index (χ3v) is 5.47. The number of carboxylic acids is 1. The van der Waals surface area contributed by atoms with Crippen LogP contribution in [0, 0.1) is 0 Å². The minimum Gasteiger partial charge on any atom is -0.477 e. The van der Waals surface area contributed by atoms with Gasteiger partial charge in [0.1, 0.15) is 4.88 Å². The van der Waals surface area contributed by atoms with Gasteiger partial charge in [0.2, 0.25) is 10.0 Å². The summed E-state index contributed by atoms with van der Waals surface area (Å²) in [6.45, 7) is 2.50. The maximum absolute atomic E-state index is 12.1. The van der Waals surface area contributed by atoms with Crippen molar-refractivity contribution in [1.29, 1.82) is 0 Å². The summed E-state index contributed by atoms with van der Waals surface area (Å²) in [7, 11) is -2.03. The molecule has 5 nitrogen and oxygen atoms in total. The first-order valence-electron chi connectivity index (χ1n) is 5.67. The first-order chi connectivity index (χ1) is 8.39. The Hall–Kier alpha value is -0.920. The highest BCUT2D eigenvalue weighted by atomic mass is 32.2. The third-order valence-electron chi connectivity index (χ3n) is 2.57. The number of hydrogen-bond acceptors (Lipinski definition) is 4. The Labute approximate surface area is 111 Å². The first-order valence-corrected chi connectivity index (χ1v) is 7.99. The molecule has 1 aromatic rings. The van der Waals surface area contributed by atoms with Gasteiger partial charge in [0, 0.05) is 19.0 Å². The molecular formula is C11H17NO4S2. The number of carbonyl (C=O) groups is 1. The average molecular weight is 291 g/mol. The molecule has 7 heteroatoms. The molecule has 1 N–H and O–H groups in total. The van der Waals surface area contributed by atoms with Gasteiger partial charge < -0.3 is 5.11 Å². The minimum absolute atomic E-state index is 0.0375. The zero-order valence-corrected chi connectivity index (χ0v) is 12.1. The van der Waals surface area contributed by atoms with Gasteiger partial charge in [-0.05, 0) is 12.5 Å². The lowest BCUT2D eigenvalue weighted by atomic mass is 10.2. The van der Waals surface area contributed by atoms with Gasteiger partial charge >= 0.3 is 5.97 Å². The van der Waals surface area contributed by atoms with Crippen LogP contribution in [0.25, 0.3) is 0 Å². The molecule has 0 amide bonds. The smallest absolute Gasteiger partial charge is 0.345 e. The first kappa shape index (κ1) is 15.1. The predicted molar refractivity (Wildman–Crippen MR) is 70.6 cm³/mol. The van der Waals surface area contributed by atoms with E-state index >= 15 is 0 Å². The molecule has 0 saturated heterocycles. The van der Waals surface area contributed by atoms with Crippen LogP contribution in [0.15, 0.2) is 16.3 Å². The molecule has 1 aromatic heterocycles. The van der Waals surface area contributed by atoms with Crippen LogP contribution in [0.2, 0.25) is 0 Å². The summed E-state index contributed by atoms with van der Waals surface area (Å²) in [4.78, 5) is 10.8. The van der Waals surface area contributed by atoms with Crippen LogP contribution in [-0.4, -0.2) is 37.4 Å². The van der Waals surface area contributed by atoms with Crippen LogP contribution < -0.4 is 0 Å². The van der Waals surface area contributed by atoms with E-state index in [0.717, 1.165) is 30.6 Å². The molecule has 1 heterocycles. The molecule has 0 atom stereocenters. The average Bonchev–Trinajstić information content (AvgIpc) is 2.79. The second-order valence-corrected chi connectivity index (χ2v) is 6.94. The van der Waals surface area contributed by atoms with E-state index in [1.807, 2.05) is 6.92 Å². The van der Waals surface area contributed by atoms with Crippen molar-refractivity contribution < 1.29 is 18.3 Å². The van der Waals surface area contributed by atoms with Crippen LogP contribution in [0.4, 0.5) is 0 Å². The SMILES string of the molecule is CCCCCN(C)S(=O)(=O)c1csc(C(=O)O)c1. The second-order valence-electron chi connectivity index (χ2n) is 3.99. The van der Waals surface area contributed by atoms with Crippen molar-refractivity contribution in [2.75, 3.05) is 13.6 Å². The van der Waals surface area contributed by atoms with Crippen molar-refractivity contribution >= 4 is 27.3 Å². The van der Waals surface area contributed by atoms with Crippen LogP contribution in [-0.2, 0) is 10.0 Å². The van der Waals surface area contributed by atoms with Gasteiger partial charge in [-0.3, -0.25) is 0 Å². The maximum atomic E-state index is 12.1. The van der Waals surface area contributed by atoms with Crippen molar-refractivity contribution in [3.05, 3.63) is 16.3 Å². The Morgan fingerprint density at radius 3 is 2.61 bits per heavy atom.